The van der Waals surface area contributed by atoms with Crippen molar-refractivity contribution in [3.63, 3.8) is 0 Å². The predicted molar refractivity (Wildman–Crippen MR) is 71.3 cm³/mol. The topological polar surface area (TPSA) is 0 Å². The van der Waals surface area contributed by atoms with E-state index in [2.05, 4.69) is 30.3 Å². The van der Waals surface area contributed by atoms with Gasteiger partial charge in [0.2, 0.25) is 0 Å². The van der Waals surface area contributed by atoms with E-state index in [9.17, 15) is 0 Å². The minimum atomic E-state index is 0.792. The lowest BCUT2D eigenvalue weighted by atomic mass is 10.0. The number of thioether (sulfide) groups is 1. The summed E-state index contributed by atoms with van der Waals surface area (Å²) in [7, 11) is 0. The van der Waals surface area contributed by atoms with Gasteiger partial charge in [-0.25, -0.2) is 0 Å². The van der Waals surface area contributed by atoms with Crippen LogP contribution in [0, 0.1) is 0 Å². The third kappa shape index (κ3) is 1.85. The maximum absolute atomic E-state index is 5.89. The van der Waals surface area contributed by atoms with E-state index in [1.165, 1.54) is 33.8 Å². The predicted octanol–water partition coefficient (Wildman–Crippen LogP) is 4.66. The van der Waals surface area contributed by atoms with Gasteiger partial charge in [-0.15, -0.1) is 11.8 Å². The number of benzene rings is 2. The first-order chi connectivity index (χ1) is 7.83. The highest BCUT2D eigenvalue weighted by Gasteiger charge is 2.11. The Labute approximate surface area is 105 Å². The third-order valence-corrected chi connectivity index (χ3v) is 4.24. The van der Waals surface area contributed by atoms with Gasteiger partial charge in [-0.3, -0.25) is 0 Å². The van der Waals surface area contributed by atoms with Crippen molar-refractivity contribution in [3.05, 3.63) is 53.1 Å². The number of aryl methyl sites for hydroxylation is 1. The minimum Gasteiger partial charge on any atom is -0.126 e. The summed E-state index contributed by atoms with van der Waals surface area (Å²) in [5, 5.41) is 0.792. The average Bonchev–Trinajstić information content (AvgIpc) is 2.77. The van der Waals surface area contributed by atoms with E-state index in [0.717, 1.165) is 5.02 Å². The average molecular weight is 247 g/mol. The molecule has 2 aromatic rings. The van der Waals surface area contributed by atoms with Gasteiger partial charge in [0.15, 0.2) is 0 Å². The zero-order chi connectivity index (χ0) is 11.0. The molecular weight excluding hydrogens is 236 g/mol. The molecule has 0 aliphatic carbocycles. The molecule has 16 heavy (non-hydrogen) atoms. The molecule has 0 atom stereocenters. The fourth-order valence-electron chi connectivity index (χ4n) is 2.01. The molecule has 80 valence electrons. The standard InChI is InChI=1S/C14H11ClS/c15-13-4-1-10(2-5-13)11-3-6-14-12(9-11)7-8-16-14/h1-6,9H,7-8H2. The van der Waals surface area contributed by atoms with Gasteiger partial charge < -0.3 is 0 Å². The van der Waals surface area contributed by atoms with Crippen LogP contribution in [0.2, 0.25) is 5.02 Å². The van der Waals surface area contributed by atoms with Crippen LogP contribution in [0.1, 0.15) is 5.56 Å². The Hall–Kier alpha value is -0.920. The molecule has 0 spiro atoms. The molecule has 3 rings (SSSR count). The fraction of sp³-hybridized carbons (Fsp3) is 0.143. The van der Waals surface area contributed by atoms with Crippen LogP contribution in [0.4, 0.5) is 0 Å². The monoisotopic (exact) mass is 246 g/mol. The summed E-state index contributed by atoms with van der Waals surface area (Å²) in [6.07, 6.45) is 1.20. The lowest BCUT2D eigenvalue weighted by Crippen LogP contribution is -1.83. The molecule has 0 saturated carbocycles. The van der Waals surface area contributed by atoms with Crippen LogP contribution in [0.5, 0.6) is 0 Å². The summed E-state index contributed by atoms with van der Waals surface area (Å²) in [4.78, 5) is 1.44. The molecule has 1 aliphatic heterocycles. The van der Waals surface area contributed by atoms with Gasteiger partial charge >= 0.3 is 0 Å². The second kappa shape index (κ2) is 4.15. The van der Waals surface area contributed by atoms with Crippen molar-refractivity contribution < 1.29 is 0 Å². The first kappa shape index (κ1) is 10.2. The van der Waals surface area contributed by atoms with Crippen LogP contribution in [0.3, 0.4) is 0 Å². The van der Waals surface area contributed by atoms with Crippen molar-refractivity contribution in [3.8, 4) is 11.1 Å². The summed E-state index contributed by atoms with van der Waals surface area (Å²) in [6.45, 7) is 0. The molecule has 0 aromatic heterocycles. The smallest absolute Gasteiger partial charge is 0.0406 e. The minimum absolute atomic E-state index is 0.792. The Morgan fingerprint density at radius 3 is 2.50 bits per heavy atom. The van der Waals surface area contributed by atoms with Crippen LogP contribution >= 0.6 is 23.4 Å². The maximum Gasteiger partial charge on any atom is 0.0406 e. The summed E-state index contributed by atoms with van der Waals surface area (Å²) < 4.78 is 0. The largest absolute Gasteiger partial charge is 0.126 e. The number of hydrogen-bond acceptors (Lipinski definition) is 1. The SMILES string of the molecule is Clc1ccc(-c2ccc3c(c2)CCS3)cc1. The van der Waals surface area contributed by atoms with Gasteiger partial charge in [0.05, 0.1) is 0 Å². The Bertz CT molecular complexity index is 517. The molecule has 0 fully saturated rings. The molecule has 0 unspecified atom stereocenters. The van der Waals surface area contributed by atoms with E-state index in [-0.39, 0.29) is 0 Å². The van der Waals surface area contributed by atoms with Crippen molar-refractivity contribution in [1.29, 1.82) is 0 Å². The first-order valence-corrected chi connectivity index (χ1v) is 6.71. The van der Waals surface area contributed by atoms with Crippen LogP contribution in [0.15, 0.2) is 47.4 Å². The number of rotatable bonds is 1. The molecule has 1 heterocycles. The van der Waals surface area contributed by atoms with E-state index in [0.29, 0.717) is 0 Å². The highest BCUT2D eigenvalue weighted by Crippen LogP contribution is 2.34. The first-order valence-electron chi connectivity index (χ1n) is 5.34. The van der Waals surface area contributed by atoms with Crippen molar-refractivity contribution in [2.75, 3.05) is 5.75 Å². The van der Waals surface area contributed by atoms with Crippen LogP contribution in [-0.2, 0) is 6.42 Å². The molecule has 0 N–H and O–H groups in total. The normalized spacial score (nSPS) is 13.8. The zero-order valence-electron chi connectivity index (χ0n) is 8.74. The van der Waals surface area contributed by atoms with E-state index in [4.69, 9.17) is 11.6 Å². The second-order valence-corrected chi connectivity index (χ2v) is 5.50. The molecule has 0 radical (unpaired) electrons. The van der Waals surface area contributed by atoms with E-state index < -0.39 is 0 Å². The van der Waals surface area contributed by atoms with E-state index >= 15 is 0 Å². The molecule has 0 amide bonds. The van der Waals surface area contributed by atoms with Crippen LogP contribution in [0.25, 0.3) is 11.1 Å². The molecule has 2 heteroatoms. The van der Waals surface area contributed by atoms with Gasteiger partial charge in [-0.05, 0) is 41.3 Å². The molecule has 0 bridgehead atoms. The summed E-state index contributed by atoms with van der Waals surface area (Å²) >= 11 is 7.84. The Morgan fingerprint density at radius 1 is 0.938 bits per heavy atom. The van der Waals surface area contributed by atoms with E-state index in [1.807, 2.05) is 23.9 Å². The van der Waals surface area contributed by atoms with Crippen LogP contribution in [-0.4, -0.2) is 5.75 Å². The highest BCUT2D eigenvalue weighted by atomic mass is 35.5. The molecular formula is C14H11ClS. The van der Waals surface area contributed by atoms with Crippen molar-refractivity contribution >= 4 is 23.4 Å². The van der Waals surface area contributed by atoms with Gasteiger partial charge in [-0.2, -0.15) is 0 Å². The summed E-state index contributed by atoms with van der Waals surface area (Å²) in [5.74, 6) is 1.22. The number of fused-ring (bicyclic) bond motifs is 1. The fourth-order valence-corrected chi connectivity index (χ4v) is 3.19. The van der Waals surface area contributed by atoms with Crippen molar-refractivity contribution in [2.45, 2.75) is 11.3 Å². The van der Waals surface area contributed by atoms with Gasteiger partial charge in [0.25, 0.3) is 0 Å². The zero-order valence-corrected chi connectivity index (χ0v) is 10.3. The number of hydrogen-bond donors (Lipinski definition) is 0. The Balaban J connectivity index is 2.03. The van der Waals surface area contributed by atoms with Crippen LogP contribution < -0.4 is 0 Å². The molecule has 1 aliphatic rings. The summed E-state index contributed by atoms with van der Waals surface area (Å²) in [5.41, 5.74) is 4.01. The Kier molecular flexibility index (Phi) is 2.66. The second-order valence-electron chi connectivity index (χ2n) is 3.93. The quantitative estimate of drug-likeness (QED) is 0.706. The maximum atomic E-state index is 5.89. The third-order valence-electron chi connectivity index (χ3n) is 2.87. The molecule has 2 aromatic carbocycles. The molecule has 0 saturated heterocycles. The van der Waals surface area contributed by atoms with Gasteiger partial charge in [0, 0.05) is 15.7 Å². The highest BCUT2D eigenvalue weighted by molar-refractivity contribution is 7.99. The lowest BCUT2D eigenvalue weighted by molar-refractivity contribution is 1.15. The van der Waals surface area contributed by atoms with Crippen molar-refractivity contribution in [2.24, 2.45) is 0 Å². The van der Waals surface area contributed by atoms with Gasteiger partial charge in [0.1, 0.15) is 0 Å². The van der Waals surface area contributed by atoms with E-state index in [1.54, 1.807) is 0 Å². The summed E-state index contributed by atoms with van der Waals surface area (Å²) in [6, 6.07) is 14.8. The molecule has 0 nitrogen and oxygen atoms in total. The number of halogens is 1. The van der Waals surface area contributed by atoms with Crippen molar-refractivity contribution in [1.82, 2.24) is 0 Å². The Morgan fingerprint density at radius 2 is 1.69 bits per heavy atom. The van der Waals surface area contributed by atoms with Gasteiger partial charge in [-0.1, -0.05) is 35.9 Å². The lowest BCUT2D eigenvalue weighted by Gasteiger charge is -2.04.